The van der Waals surface area contributed by atoms with E-state index in [0.717, 1.165) is 20.7 Å². The van der Waals surface area contributed by atoms with E-state index in [4.69, 9.17) is 0 Å². The molecule has 1 aliphatic rings. The maximum Gasteiger partial charge on any atom is 0.247 e. The lowest BCUT2D eigenvalue weighted by Crippen LogP contribution is -2.60. The lowest BCUT2D eigenvalue weighted by Gasteiger charge is -2.52. The SMILES string of the molecule is CN(C)CC=CC(=O)N1C(C)(C)Cc2c(sc3ncnc(N[C@H](CO)c4ccccc4)c23)C1(C)C. The minimum Gasteiger partial charge on any atom is -0.394 e. The van der Waals surface area contributed by atoms with Crippen LogP contribution in [-0.4, -0.2) is 63.6 Å². The van der Waals surface area contributed by atoms with Crippen molar-refractivity contribution in [2.24, 2.45) is 0 Å². The first-order valence-corrected chi connectivity index (χ1v) is 12.7. The quantitative estimate of drug-likeness (QED) is 0.476. The number of rotatable bonds is 7. The van der Waals surface area contributed by atoms with E-state index >= 15 is 0 Å². The molecule has 1 aromatic carbocycles. The number of likely N-dealkylation sites (N-methyl/N-ethyl adjacent to an activating group) is 1. The summed E-state index contributed by atoms with van der Waals surface area (Å²) in [4.78, 5) is 28.6. The summed E-state index contributed by atoms with van der Waals surface area (Å²) in [6.07, 6.45) is 5.87. The van der Waals surface area contributed by atoms with Crippen molar-refractivity contribution in [3.05, 3.63) is 64.8 Å². The molecule has 0 radical (unpaired) electrons. The predicted octanol–water partition coefficient (Wildman–Crippen LogP) is 4.35. The Hall–Kier alpha value is -2.81. The first-order chi connectivity index (χ1) is 16.6. The number of aliphatic hydroxyl groups excluding tert-OH is 1. The molecule has 4 rings (SSSR count). The van der Waals surface area contributed by atoms with Crippen LogP contribution >= 0.6 is 11.3 Å². The zero-order chi connectivity index (χ0) is 25.4. The van der Waals surface area contributed by atoms with Crippen molar-refractivity contribution in [3.63, 3.8) is 0 Å². The number of benzene rings is 1. The summed E-state index contributed by atoms with van der Waals surface area (Å²) in [5, 5.41) is 14.6. The van der Waals surface area contributed by atoms with Gasteiger partial charge in [0.1, 0.15) is 17.0 Å². The zero-order valence-electron chi connectivity index (χ0n) is 21.4. The molecule has 1 amide bonds. The van der Waals surface area contributed by atoms with Crippen molar-refractivity contribution < 1.29 is 9.90 Å². The zero-order valence-corrected chi connectivity index (χ0v) is 22.2. The molecule has 2 aromatic heterocycles. The molecule has 0 saturated carbocycles. The van der Waals surface area contributed by atoms with Gasteiger partial charge in [-0.25, -0.2) is 9.97 Å². The van der Waals surface area contributed by atoms with Gasteiger partial charge in [-0.15, -0.1) is 11.3 Å². The standard InChI is InChI=1S/C27H35N5O2S/c1-26(2)15-19-22-24(30-20(16-33)18-11-8-7-9-12-18)28-17-29-25(22)35-23(19)27(3,4)32(26)21(34)13-10-14-31(5)6/h7-13,17,20,33H,14-16H2,1-6H3,(H,28,29,30)/t20-/m1/s1. The molecule has 0 spiro atoms. The van der Waals surface area contributed by atoms with Gasteiger partial charge >= 0.3 is 0 Å². The number of hydrogen-bond acceptors (Lipinski definition) is 7. The van der Waals surface area contributed by atoms with E-state index in [0.29, 0.717) is 18.8 Å². The molecule has 186 valence electrons. The number of carbonyl (C=O) groups is 1. The highest BCUT2D eigenvalue weighted by molar-refractivity contribution is 7.19. The molecule has 7 nitrogen and oxygen atoms in total. The van der Waals surface area contributed by atoms with Gasteiger partial charge in [-0.05, 0) is 59.3 Å². The fourth-order valence-electron chi connectivity index (χ4n) is 5.23. The van der Waals surface area contributed by atoms with Crippen LogP contribution in [0.25, 0.3) is 10.2 Å². The molecule has 0 saturated heterocycles. The van der Waals surface area contributed by atoms with Crippen LogP contribution in [0.4, 0.5) is 5.82 Å². The summed E-state index contributed by atoms with van der Waals surface area (Å²) in [6.45, 7) is 9.13. The van der Waals surface area contributed by atoms with Crippen LogP contribution in [-0.2, 0) is 16.8 Å². The molecule has 0 aliphatic carbocycles. The van der Waals surface area contributed by atoms with Gasteiger partial charge in [0.2, 0.25) is 5.91 Å². The summed E-state index contributed by atoms with van der Waals surface area (Å²) >= 11 is 1.62. The predicted molar refractivity (Wildman–Crippen MR) is 143 cm³/mol. The molecule has 3 heterocycles. The topological polar surface area (TPSA) is 81.6 Å². The van der Waals surface area contributed by atoms with Crippen molar-refractivity contribution in [3.8, 4) is 0 Å². The van der Waals surface area contributed by atoms with Crippen molar-refractivity contribution in [1.82, 2.24) is 19.8 Å². The summed E-state index contributed by atoms with van der Waals surface area (Å²) in [7, 11) is 3.97. The molecule has 3 aromatic rings. The normalized spacial score (nSPS) is 17.7. The average Bonchev–Trinajstić information content (AvgIpc) is 3.16. The van der Waals surface area contributed by atoms with Crippen molar-refractivity contribution in [1.29, 1.82) is 0 Å². The Morgan fingerprint density at radius 3 is 2.60 bits per heavy atom. The van der Waals surface area contributed by atoms with Gasteiger partial charge in [0.05, 0.1) is 23.6 Å². The third-order valence-corrected chi connectivity index (χ3v) is 8.02. The number of aliphatic hydroxyl groups is 1. The molecule has 2 N–H and O–H groups in total. The van der Waals surface area contributed by atoms with Crippen LogP contribution in [0.1, 0.15) is 49.7 Å². The maximum absolute atomic E-state index is 13.4. The Kier molecular flexibility index (Phi) is 6.99. The molecule has 0 bridgehead atoms. The number of thiophene rings is 1. The number of carbonyl (C=O) groups excluding carboxylic acids is 1. The van der Waals surface area contributed by atoms with Crippen LogP contribution < -0.4 is 5.32 Å². The highest BCUT2D eigenvalue weighted by Gasteiger charge is 2.48. The van der Waals surface area contributed by atoms with Crippen LogP contribution in [0.5, 0.6) is 0 Å². The van der Waals surface area contributed by atoms with Gasteiger partial charge < -0.3 is 20.2 Å². The highest BCUT2D eigenvalue weighted by atomic mass is 32.1. The minimum atomic E-state index is -0.519. The maximum atomic E-state index is 13.4. The van der Waals surface area contributed by atoms with Crippen molar-refractivity contribution >= 4 is 33.3 Å². The van der Waals surface area contributed by atoms with Crippen LogP contribution in [0.2, 0.25) is 0 Å². The van der Waals surface area contributed by atoms with E-state index < -0.39 is 11.1 Å². The van der Waals surface area contributed by atoms with Gasteiger partial charge in [-0.2, -0.15) is 0 Å². The second kappa shape index (κ2) is 9.68. The lowest BCUT2D eigenvalue weighted by atomic mass is 9.79. The average molecular weight is 494 g/mol. The van der Waals surface area contributed by atoms with Crippen LogP contribution in [0, 0.1) is 0 Å². The van der Waals surface area contributed by atoms with Gasteiger partial charge in [0.25, 0.3) is 0 Å². The minimum absolute atomic E-state index is 0.0128. The lowest BCUT2D eigenvalue weighted by molar-refractivity contribution is -0.140. The summed E-state index contributed by atoms with van der Waals surface area (Å²) in [5.41, 5.74) is 1.24. The summed E-state index contributed by atoms with van der Waals surface area (Å²) < 4.78 is 0. The molecular weight excluding hydrogens is 458 g/mol. The van der Waals surface area contributed by atoms with E-state index in [-0.39, 0.29) is 18.6 Å². The Bertz CT molecular complexity index is 1230. The Balaban J connectivity index is 1.77. The molecule has 0 fully saturated rings. The second-order valence-corrected chi connectivity index (χ2v) is 11.5. The second-order valence-electron chi connectivity index (χ2n) is 10.5. The summed E-state index contributed by atoms with van der Waals surface area (Å²) in [6, 6.07) is 9.60. The Labute approximate surface area is 211 Å². The fourth-order valence-corrected chi connectivity index (χ4v) is 6.48. The number of amides is 1. The molecule has 35 heavy (non-hydrogen) atoms. The molecule has 1 aliphatic heterocycles. The first-order valence-electron chi connectivity index (χ1n) is 11.9. The van der Waals surface area contributed by atoms with Crippen molar-refractivity contribution in [2.75, 3.05) is 32.6 Å². The van der Waals surface area contributed by atoms with Gasteiger partial charge in [-0.3, -0.25) is 4.79 Å². The number of anilines is 1. The third kappa shape index (κ3) is 4.83. The number of aromatic nitrogens is 2. The first kappa shape index (κ1) is 25.3. The number of nitrogens with zero attached hydrogens (tertiary/aromatic N) is 4. The largest absolute Gasteiger partial charge is 0.394 e. The van der Waals surface area contributed by atoms with Gasteiger partial charge in [0, 0.05) is 23.0 Å². The number of hydrogen-bond donors (Lipinski definition) is 2. The van der Waals surface area contributed by atoms with Crippen LogP contribution in [0.15, 0.2) is 48.8 Å². The Morgan fingerprint density at radius 1 is 1.23 bits per heavy atom. The molecule has 8 heteroatoms. The van der Waals surface area contributed by atoms with Crippen LogP contribution in [0.3, 0.4) is 0 Å². The van der Waals surface area contributed by atoms with E-state index in [2.05, 4.69) is 43.0 Å². The summed E-state index contributed by atoms with van der Waals surface area (Å²) in [5.74, 6) is 0.728. The number of nitrogens with one attached hydrogen (secondary N) is 1. The monoisotopic (exact) mass is 493 g/mol. The van der Waals surface area contributed by atoms with Gasteiger partial charge in [0.15, 0.2) is 0 Å². The van der Waals surface area contributed by atoms with Gasteiger partial charge in [-0.1, -0.05) is 36.4 Å². The third-order valence-electron chi connectivity index (χ3n) is 6.56. The number of fused-ring (bicyclic) bond motifs is 3. The van der Waals surface area contributed by atoms with E-state index in [1.165, 1.54) is 5.56 Å². The molecule has 1 atom stereocenters. The van der Waals surface area contributed by atoms with Crippen molar-refractivity contribution in [2.45, 2.75) is 51.2 Å². The molecular formula is C27H35N5O2S. The smallest absolute Gasteiger partial charge is 0.247 e. The Morgan fingerprint density at radius 2 is 1.94 bits per heavy atom. The van der Waals surface area contributed by atoms with E-state index in [1.807, 2.05) is 60.3 Å². The van der Waals surface area contributed by atoms with E-state index in [9.17, 15) is 9.90 Å². The highest BCUT2D eigenvalue weighted by Crippen LogP contribution is 2.50. The van der Waals surface area contributed by atoms with E-state index in [1.54, 1.807) is 23.7 Å². The molecule has 0 unspecified atom stereocenters. The fraction of sp³-hybridized carbons (Fsp3) is 0.444.